The molecule has 3 aromatic rings. The van der Waals surface area contributed by atoms with E-state index in [9.17, 15) is 8.42 Å². The second-order valence-electron chi connectivity index (χ2n) is 6.34. The molecule has 9 heteroatoms. The monoisotopic (exact) mass is 384 g/mol. The molecular weight excluding hydrogens is 364 g/mol. The summed E-state index contributed by atoms with van der Waals surface area (Å²) < 4.78 is 28.7. The quantitative estimate of drug-likeness (QED) is 0.677. The number of anilines is 1. The molecule has 8 nitrogen and oxygen atoms in total. The maximum Gasteiger partial charge on any atom is 0.243 e. The van der Waals surface area contributed by atoms with E-state index in [1.165, 1.54) is 10.6 Å². The topological polar surface area (TPSA) is 84.2 Å². The lowest BCUT2D eigenvalue weighted by Gasteiger charge is -2.34. The van der Waals surface area contributed by atoms with Crippen LogP contribution in [0.3, 0.4) is 0 Å². The molecular formula is C18H20N6O2S. The van der Waals surface area contributed by atoms with Gasteiger partial charge in [-0.15, -0.1) is 0 Å². The fourth-order valence-electron chi connectivity index (χ4n) is 3.08. The van der Waals surface area contributed by atoms with Crippen LogP contribution in [0.2, 0.25) is 0 Å². The first kappa shape index (κ1) is 17.6. The van der Waals surface area contributed by atoms with Crippen LogP contribution in [0.5, 0.6) is 0 Å². The molecule has 0 unspecified atom stereocenters. The van der Waals surface area contributed by atoms with Gasteiger partial charge in [-0.1, -0.05) is 18.2 Å². The Hall–Kier alpha value is -2.78. The predicted octanol–water partition coefficient (Wildman–Crippen LogP) is 1.48. The smallest absolute Gasteiger partial charge is 0.243 e. The second kappa shape index (κ2) is 7.09. The Balaban J connectivity index is 1.48. The zero-order valence-electron chi connectivity index (χ0n) is 14.9. The van der Waals surface area contributed by atoms with Crippen LogP contribution in [0.1, 0.15) is 5.69 Å². The maximum absolute atomic E-state index is 12.7. The van der Waals surface area contributed by atoms with E-state index in [0.29, 0.717) is 36.9 Å². The summed E-state index contributed by atoms with van der Waals surface area (Å²) in [5.74, 6) is 1.46. The maximum atomic E-state index is 12.7. The Morgan fingerprint density at radius 1 is 0.926 bits per heavy atom. The van der Waals surface area contributed by atoms with Gasteiger partial charge in [-0.05, 0) is 25.1 Å². The second-order valence-corrected chi connectivity index (χ2v) is 8.28. The highest BCUT2D eigenvalue weighted by molar-refractivity contribution is 7.89. The zero-order chi connectivity index (χ0) is 18.9. The lowest BCUT2D eigenvalue weighted by atomic mass is 10.3. The Morgan fingerprint density at radius 3 is 2.30 bits per heavy atom. The summed E-state index contributed by atoms with van der Waals surface area (Å²) in [5, 5.41) is 4.37. The van der Waals surface area contributed by atoms with E-state index in [4.69, 9.17) is 0 Å². The number of nitrogens with zero attached hydrogens (tertiary/aromatic N) is 6. The largest absolute Gasteiger partial charge is 0.354 e. The average Bonchev–Trinajstić information content (AvgIpc) is 3.15. The van der Waals surface area contributed by atoms with Gasteiger partial charge in [-0.2, -0.15) is 9.40 Å². The first-order valence-corrected chi connectivity index (χ1v) is 10.1. The number of piperazine rings is 1. The molecule has 0 N–H and O–H groups in total. The molecule has 1 fully saturated rings. The highest BCUT2D eigenvalue weighted by Gasteiger charge is 2.28. The van der Waals surface area contributed by atoms with E-state index >= 15 is 0 Å². The summed E-state index contributed by atoms with van der Waals surface area (Å²) in [6.07, 6.45) is 3.36. The molecule has 0 radical (unpaired) electrons. The summed E-state index contributed by atoms with van der Waals surface area (Å²) >= 11 is 0. The zero-order valence-corrected chi connectivity index (χ0v) is 15.7. The summed E-state index contributed by atoms with van der Waals surface area (Å²) in [7, 11) is -3.46. The number of benzene rings is 1. The molecule has 0 spiro atoms. The highest BCUT2D eigenvalue weighted by Crippen LogP contribution is 2.20. The van der Waals surface area contributed by atoms with Gasteiger partial charge in [0.05, 0.1) is 10.6 Å². The minimum atomic E-state index is -3.46. The van der Waals surface area contributed by atoms with Crippen molar-refractivity contribution in [2.24, 2.45) is 0 Å². The number of rotatable bonds is 4. The third kappa shape index (κ3) is 3.56. The van der Waals surface area contributed by atoms with Crippen molar-refractivity contribution in [1.29, 1.82) is 0 Å². The van der Waals surface area contributed by atoms with Crippen molar-refractivity contribution in [3.05, 3.63) is 60.7 Å². The first-order valence-electron chi connectivity index (χ1n) is 8.69. The van der Waals surface area contributed by atoms with E-state index < -0.39 is 10.0 Å². The first-order chi connectivity index (χ1) is 13.0. The van der Waals surface area contributed by atoms with E-state index in [1.54, 1.807) is 28.9 Å². The van der Waals surface area contributed by atoms with Crippen LogP contribution in [-0.2, 0) is 10.0 Å². The normalized spacial score (nSPS) is 15.8. The standard InChI is InChI=1S/C18H20N6O2S/c1-15-7-8-24(21-15)18-13-17(19-14-20-18)22-9-11-23(12-10-22)27(25,26)16-5-3-2-4-6-16/h2-8,13-14H,9-12H2,1H3. The molecule has 0 saturated carbocycles. The molecule has 27 heavy (non-hydrogen) atoms. The Kier molecular flexibility index (Phi) is 4.63. The van der Waals surface area contributed by atoms with Crippen molar-refractivity contribution < 1.29 is 8.42 Å². The number of aromatic nitrogens is 4. The van der Waals surface area contributed by atoms with Gasteiger partial charge in [-0.3, -0.25) is 0 Å². The number of sulfonamides is 1. The Bertz CT molecular complexity index is 1030. The SMILES string of the molecule is Cc1ccn(-c2cc(N3CCN(S(=O)(=O)c4ccccc4)CC3)ncn2)n1. The van der Waals surface area contributed by atoms with E-state index in [2.05, 4.69) is 20.0 Å². The van der Waals surface area contributed by atoms with Crippen LogP contribution in [0.25, 0.3) is 5.82 Å². The van der Waals surface area contributed by atoms with E-state index in [1.807, 2.05) is 31.3 Å². The predicted molar refractivity (Wildman–Crippen MR) is 101 cm³/mol. The molecule has 1 aliphatic heterocycles. The Morgan fingerprint density at radius 2 is 1.63 bits per heavy atom. The van der Waals surface area contributed by atoms with Gasteiger partial charge in [0.15, 0.2) is 5.82 Å². The lowest BCUT2D eigenvalue weighted by molar-refractivity contribution is 0.383. The summed E-state index contributed by atoms with van der Waals surface area (Å²) in [4.78, 5) is 11.0. The fraction of sp³-hybridized carbons (Fsp3) is 0.278. The van der Waals surface area contributed by atoms with Crippen LogP contribution >= 0.6 is 0 Å². The van der Waals surface area contributed by atoms with E-state index in [-0.39, 0.29) is 0 Å². The van der Waals surface area contributed by atoms with Crippen LogP contribution < -0.4 is 4.90 Å². The number of hydrogen-bond acceptors (Lipinski definition) is 6. The van der Waals surface area contributed by atoms with Crippen molar-refractivity contribution in [3.63, 3.8) is 0 Å². The van der Waals surface area contributed by atoms with Gasteiger partial charge < -0.3 is 4.90 Å². The van der Waals surface area contributed by atoms with Crippen molar-refractivity contribution in [1.82, 2.24) is 24.1 Å². The van der Waals surface area contributed by atoms with Crippen molar-refractivity contribution in [3.8, 4) is 5.82 Å². The molecule has 2 aromatic heterocycles. The highest BCUT2D eigenvalue weighted by atomic mass is 32.2. The molecule has 1 aromatic carbocycles. The number of hydrogen-bond donors (Lipinski definition) is 0. The van der Waals surface area contributed by atoms with Gasteiger partial charge in [0, 0.05) is 38.4 Å². The lowest BCUT2D eigenvalue weighted by Crippen LogP contribution is -2.48. The molecule has 1 saturated heterocycles. The number of aryl methyl sites for hydroxylation is 1. The molecule has 0 amide bonds. The van der Waals surface area contributed by atoms with Gasteiger partial charge in [0.2, 0.25) is 10.0 Å². The molecule has 4 rings (SSSR count). The van der Waals surface area contributed by atoms with Crippen LogP contribution in [-0.4, -0.2) is 58.7 Å². The minimum Gasteiger partial charge on any atom is -0.354 e. The third-order valence-electron chi connectivity index (χ3n) is 4.54. The van der Waals surface area contributed by atoms with E-state index in [0.717, 1.165) is 11.5 Å². The van der Waals surface area contributed by atoms with Gasteiger partial charge in [0.25, 0.3) is 0 Å². The fourth-order valence-corrected chi connectivity index (χ4v) is 4.52. The molecule has 0 bridgehead atoms. The summed E-state index contributed by atoms with van der Waals surface area (Å²) in [6, 6.07) is 12.3. The molecule has 0 aliphatic carbocycles. The average molecular weight is 384 g/mol. The van der Waals surface area contributed by atoms with Gasteiger partial charge in [0.1, 0.15) is 12.1 Å². The minimum absolute atomic E-state index is 0.330. The van der Waals surface area contributed by atoms with Gasteiger partial charge >= 0.3 is 0 Å². The van der Waals surface area contributed by atoms with Crippen molar-refractivity contribution >= 4 is 15.8 Å². The van der Waals surface area contributed by atoms with Crippen LogP contribution in [0, 0.1) is 6.92 Å². The van der Waals surface area contributed by atoms with Gasteiger partial charge in [-0.25, -0.2) is 23.1 Å². The summed E-state index contributed by atoms with van der Waals surface area (Å²) in [5.41, 5.74) is 0.912. The molecule has 1 aliphatic rings. The molecule has 140 valence electrons. The van der Waals surface area contributed by atoms with Crippen molar-refractivity contribution in [2.75, 3.05) is 31.1 Å². The molecule has 3 heterocycles. The van der Waals surface area contributed by atoms with Crippen molar-refractivity contribution in [2.45, 2.75) is 11.8 Å². The molecule has 0 atom stereocenters. The van der Waals surface area contributed by atoms with Crippen LogP contribution in [0.15, 0.2) is 59.9 Å². The summed E-state index contributed by atoms with van der Waals surface area (Å²) in [6.45, 7) is 3.89. The third-order valence-corrected chi connectivity index (χ3v) is 6.45. The Labute approximate surface area is 158 Å². The van der Waals surface area contributed by atoms with Crippen LogP contribution in [0.4, 0.5) is 5.82 Å².